The number of halogens is 1. The third-order valence-electron chi connectivity index (χ3n) is 4.40. The molecule has 1 unspecified atom stereocenters. The third-order valence-corrected chi connectivity index (χ3v) is 5.56. The Labute approximate surface area is 153 Å². The van der Waals surface area contributed by atoms with Gasteiger partial charge in [0.2, 0.25) is 0 Å². The highest BCUT2D eigenvalue weighted by Gasteiger charge is 2.28. The first-order valence-corrected chi connectivity index (χ1v) is 8.89. The van der Waals surface area contributed by atoms with E-state index in [9.17, 15) is 0 Å². The smallest absolute Gasteiger partial charge is 0.0583 e. The van der Waals surface area contributed by atoms with Crippen molar-refractivity contribution in [2.75, 3.05) is 19.6 Å². The molecule has 0 bridgehead atoms. The number of aryl methyl sites for hydroxylation is 1. The molecule has 2 aromatic carbocycles. The van der Waals surface area contributed by atoms with Crippen molar-refractivity contribution < 1.29 is 0 Å². The Morgan fingerprint density at radius 1 is 1.13 bits per heavy atom. The monoisotopic (exact) mass is 416 g/mol. The number of hydrogen-bond donors (Lipinski definition) is 0. The van der Waals surface area contributed by atoms with Crippen LogP contribution in [-0.2, 0) is 6.54 Å². The molecule has 2 nitrogen and oxygen atoms in total. The molecule has 1 fully saturated rings. The van der Waals surface area contributed by atoms with Gasteiger partial charge in [-0.1, -0.05) is 53.9 Å². The molecule has 1 saturated heterocycles. The summed E-state index contributed by atoms with van der Waals surface area (Å²) in [5, 5.41) is 0. The lowest BCUT2D eigenvalue weighted by molar-refractivity contribution is 0.148. The quantitative estimate of drug-likeness (QED) is 0.421. The highest BCUT2D eigenvalue weighted by atomic mass is 127. The molecule has 1 atom stereocenters. The Morgan fingerprint density at radius 2 is 1.87 bits per heavy atom. The predicted molar refractivity (Wildman–Crippen MR) is 104 cm³/mol. The van der Waals surface area contributed by atoms with E-state index in [0.29, 0.717) is 6.04 Å². The molecule has 0 radical (unpaired) electrons. The zero-order chi connectivity index (χ0) is 16.2. The molecular weight excluding hydrogens is 395 g/mol. The lowest BCUT2D eigenvalue weighted by Gasteiger charge is -2.38. The van der Waals surface area contributed by atoms with E-state index in [0.717, 1.165) is 31.7 Å². The van der Waals surface area contributed by atoms with E-state index in [4.69, 9.17) is 6.42 Å². The van der Waals surface area contributed by atoms with Crippen LogP contribution in [0.1, 0.15) is 28.3 Å². The fourth-order valence-corrected chi connectivity index (χ4v) is 3.77. The summed E-state index contributed by atoms with van der Waals surface area (Å²) in [6, 6.07) is 17.5. The number of piperazine rings is 1. The van der Waals surface area contributed by atoms with Crippen LogP contribution in [0.25, 0.3) is 0 Å². The summed E-state index contributed by atoms with van der Waals surface area (Å²) in [6.45, 7) is 6.28. The molecule has 1 aliphatic rings. The number of hydrogen-bond acceptors (Lipinski definition) is 2. The summed E-state index contributed by atoms with van der Waals surface area (Å²) < 4.78 is 2.39. The van der Waals surface area contributed by atoms with Crippen molar-refractivity contribution in [2.45, 2.75) is 19.5 Å². The first-order chi connectivity index (χ1) is 11.2. The molecule has 1 heterocycles. The second kappa shape index (κ2) is 7.48. The molecule has 0 amide bonds. The SMILES string of the molecule is C#Cc1ccccc1C1CN(Cc2ccc(C)cc2)CCN1I. The molecule has 23 heavy (non-hydrogen) atoms. The van der Waals surface area contributed by atoms with Crippen LogP contribution in [0.5, 0.6) is 0 Å². The second-order valence-electron chi connectivity index (χ2n) is 6.09. The minimum absolute atomic E-state index is 0.349. The Kier molecular flexibility index (Phi) is 5.37. The van der Waals surface area contributed by atoms with Gasteiger partial charge in [-0.15, -0.1) is 6.42 Å². The molecule has 0 aromatic heterocycles. The zero-order valence-corrected chi connectivity index (χ0v) is 15.5. The van der Waals surface area contributed by atoms with E-state index in [1.165, 1.54) is 16.7 Å². The standard InChI is InChI=1S/C20H21IN2/c1-3-18-6-4-5-7-19(18)20-15-22(12-13-23(20)21)14-17-10-8-16(2)9-11-17/h1,4-11,20H,12-15H2,2H3. The van der Waals surface area contributed by atoms with Crippen molar-refractivity contribution in [1.82, 2.24) is 8.01 Å². The van der Waals surface area contributed by atoms with E-state index in [2.05, 4.69) is 80.1 Å². The summed E-state index contributed by atoms with van der Waals surface area (Å²) in [6.07, 6.45) is 5.69. The van der Waals surface area contributed by atoms with Gasteiger partial charge in [-0.3, -0.25) is 4.90 Å². The molecule has 2 aromatic rings. The van der Waals surface area contributed by atoms with Crippen LogP contribution in [0.2, 0.25) is 0 Å². The molecule has 3 rings (SSSR count). The molecule has 0 N–H and O–H groups in total. The molecule has 0 saturated carbocycles. The summed E-state index contributed by atoms with van der Waals surface area (Å²) in [4.78, 5) is 2.53. The van der Waals surface area contributed by atoms with E-state index in [1.54, 1.807) is 0 Å². The van der Waals surface area contributed by atoms with Crippen molar-refractivity contribution in [2.24, 2.45) is 0 Å². The summed E-state index contributed by atoms with van der Waals surface area (Å²) in [7, 11) is 0. The number of rotatable bonds is 3. The van der Waals surface area contributed by atoms with Gasteiger partial charge in [-0.05, 0) is 24.1 Å². The summed E-state index contributed by atoms with van der Waals surface area (Å²) >= 11 is 2.44. The molecule has 1 aliphatic heterocycles. The van der Waals surface area contributed by atoms with Gasteiger partial charge in [0.05, 0.1) is 6.04 Å². The lowest BCUT2D eigenvalue weighted by Crippen LogP contribution is -2.44. The summed E-state index contributed by atoms with van der Waals surface area (Å²) in [5.74, 6) is 2.84. The topological polar surface area (TPSA) is 6.48 Å². The molecule has 0 aliphatic carbocycles. The molecule has 0 spiro atoms. The van der Waals surface area contributed by atoms with Gasteiger partial charge in [0.15, 0.2) is 0 Å². The maximum atomic E-state index is 5.69. The molecular formula is C20H21IN2. The zero-order valence-electron chi connectivity index (χ0n) is 13.4. The maximum Gasteiger partial charge on any atom is 0.0583 e. The first kappa shape index (κ1) is 16.5. The van der Waals surface area contributed by atoms with Crippen LogP contribution >= 0.6 is 22.9 Å². The highest BCUT2D eigenvalue weighted by molar-refractivity contribution is 14.1. The Hall–Kier alpha value is -1.35. The highest BCUT2D eigenvalue weighted by Crippen LogP contribution is 2.31. The van der Waals surface area contributed by atoms with Crippen molar-refractivity contribution in [1.29, 1.82) is 0 Å². The normalized spacial score (nSPS) is 19.4. The average Bonchev–Trinajstić information content (AvgIpc) is 2.58. The van der Waals surface area contributed by atoms with Crippen LogP contribution in [0.4, 0.5) is 0 Å². The fourth-order valence-electron chi connectivity index (χ4n) is 3.08. The van der Waals surface area contributed by atoms with Crippen LogP contribution < -0.4 is 0 Å². The van der Waals surface area contributed by atoms with E-state index in [-0.39, 0.29) is 0 Å². The Balaban J connectivity index is 1.77. The van der Waals surface area contributed by atoms with Gasteiger partial charge in [0.1, 0.15) is 0 Å². The molecule has 3 heteroatoms. The number of terminal acetylenes is 1. The Morgan fingerprint density at radius 3 is 2.61 bits per heavy atom. The van der Waals surface area contributed by atoms with Crippen LogP contribution in [0.3, 0.4) is 0 Å². The number of benzene rings is 2. The van der Waals surface area contributed by atoms with Crippen LogP contribution in [0.15, 0.2) is 48.5 Å². The van der Waals surface area contributed by atoms with Gasteiger partial charge in [-0.25, -0.2) is 3.11 Å². The minimum Gasteiger partial charge on any atom is -0.296 e. The van der Waals surface area contributed by atoms with Gasteiger partial charge >= 0.3 is 0 Å². The minimum atomic E-state index is 0.349. The third kappa shape index (κ3) is 3.95. The van der Waals surface area contributed by atoms with Crippen molar-refractivity contribution in [3.05, 3.63) is 70.8 Å². The van der Waals surface area contributed by atoms with E-state index >= 15 is 0 Å². The second-order valence-corrected chi connectivity index (χ2v) is 7.33. The Bertz CT molecular complexity index is 702. The van der Waals surface area contributed by atoms with Crippen molar-refractivity contribution >= 4 is 22.9 Å². The fraction of sp³-hybridized carbons (Fsp3) is 0.300. The summed E-state index contributed by atoms with van der Waals surface area (Å²) in [5.41, 5.74) is 4.96. The lowest BCUT2D eigenvalue weighted by atomic mass is 9.98. The first-order valence-electron chi connectivity index (χ1n) is 7.93. The van der Waals surface area contributed by atoms with Crippen LogP contribution in [-0.4, -0.2) is 27.6 Å². The van der Waals surface area contributed by atoms with Gasteiger partial charge in [0, 0.05) is 54.6 Å². The van der Waals surface area contributed by atoms with Crippen molar-refractivity contribution in [3.63, 3.8) is 0 Å². The van der Waals surface area contributed by atoms with Gasteiger partial charge < -0.3 is 0 Å². The largest absolute Gasteiger partial charge is 0.296 e. The number of nitrogens with zero attached hydrogens (tertiary/aromatic N) is 2. The maximum absolute atomic E-state index is 5.69. The molecule has 118 valence electrons. The van der Waals surface area contributed by atoms with Gasteiger partial charge in [0.25, 0.3) is 0 Å². The van der Waals surface area contributed by atoms with Crippen molar-refractivity contribution in [3.8, 4) is 12.3 Å². The predicted octanol–water partition coefficient (Wildman–Crippen LogP) is 4.19. The van der Waals surface area contributed by atoms with E-state index < -0.39 is 0 Å². The van der Waals surface area contributed by atoms with Gasteiger partial charge in [-0.2, -0.15) is 0 Å². The van der Waals surface area contributed by atoms with Crippen LogP contribution in [0, 0.1) is 19.3 Å². The van der Waals surface area contributed by atoms with E-state index in [1.807, 2.05) is 12.1 Å². The average molecular weight is 416 g/mol.